The van der Waals surface area contributed by atoms with Gasteiger partial charge in [-0.25, -0.2) is 4.98 Å². The SMILES string of the molecule is CCCNc1cc(C(=O)NC(C)C)ccn1. The van der Waals surface area contributed by atoms with E-state index in [-0.39, 0.29) is 11.9 Å². The number of hydrogen-bond donors (Lipinski definition) is 2. The summed E-state index contributed by atoms with van der Waals surface area (Å²) in [5, 5.41) is 6.00. The van der Waals surface area contributed by atoms with Crippen LogP contribution in [0.4, 0.5) is 5.82 Å². The molecular formula is C12H19N3O. The van der Waals surface area contributed by atoms with E-state index in [1.807, 2.05) is 13.8 Å². The van der Waals surface area contributed by atoms with Gasteiger partial charge in [-0.1, -0.05) is 6.92 Å². The molecule has 0 unspecified atom stereocenters. The van der Waals surface area contributed by atoms with E-state index in [1.54, 1.807) is 18.3 Å². The zero-order valence-corrected chi connectivity index (χ0v) is 10.1. The van der Waals surface area contributed by atoms with E-state index in [4.69, 9.17) is 0 Å². The first-order valence-electron chi connectivity index (χ1n) is 5.64. The average molecular weight is 221 g/mol. The molecule has 4 nitrogen and oxygen atoms in total. The Morgan fingerprint density at radius 2 is 2.25 bits per heavy atom. The summed E-state index contributed by atoms with van der Waals surface area (Å²) < 4.78 is 0. The van der Waals surface area contributed by atoms with E-state index in [0.29, 0.717) is 5.56 Å². The quantitative estimate of drug-likeness (QED) is 0.800. The molecule has 0 atom stereocenters. The number of pyridine rings is 1. The topological polar surface area (TPSA) is 54.0 Å². The molecule has 0 aliphatic carbocycles. The molecule has 0 spiro atoms. The van der Waals surface area contributed by atoms with Gasteiger partial charge in [0.2, 0.25) is 0 Å². The number of hydrogen-bond acceptors (Lipinski definition) is 3. The number of rotatable bonds is 5. The molecular weight excluding hydrogens is 202 g/mol. The molecule has 4 heteroatoms. The van der Waals surface area contributed by atoms with Crippen LogP contribution in [0.1, 0.15) is 37.6 Å². The summed E-state index contributed by atoms with van der Waals surface area (Å²) in [5.74, 6) is 0.690. The van der Waals surface area contributed by atoms with Crippen molar-refractivity contribution in [3.63, 3.8) is 0 Å². The molecule has 0 bridgehead atoms. The fourth-order valence-electron chi connectivity index (χ4n) is 1.27. The van der Waals surface area contributed by atoms with E-state index in [0.717, 1.165) is 18.8 Å². The van der Waals surface area contributed by atoms with Crippen LogP contribution < -0.4 is 10.6 Å². The van der Waals surface area contributed by atoms with Gasteiger partial charge in [-0.2, -0.15) is 0 Å². The van der Waals surface area contributed by atoms with Crippen LogP contribution >= 0.6 is 0 Å². The number of aromatic nitrogens is 1. The smallest absolute Gasteiger partial charge is 0.251 e. The van der Waals surface area contributed by atoms with Crippen molar-refractivity contribution in [2.45, 2.75) is 33.2 Å². The van der Waals surface area contributed by atoms with Gasteiger partial charge in [0.25, 0.3) is 5.91 Å². The molecule has 0 saturated carbocycles. The maximum absolute atomic E-state index is 11.7. The van der Waals surface area contributed by atoms with Crippen molar-refractivity contribution in [3.05, 3.63) is 23.9 Å². The maximum atomic E-state index is 11.7. The minimum Gasteiger partial charge on any atom is -0.370 e. The van der Waals surface area contributed by atoms with Crippen molar-refractivity contribution in [2.24, 2.45) is 0 Å². The van der Waals surface area contributed by atoms with Gasteiger partial charge in [0.1, 0.15) is 5.82 Å². The lowest BCUT2D eigenvalue weighted by atomic mass is 10.2. The van der Waals surface area contributed by atoms with Gasteiger partial charge in [-0.05, 0) is 32.4 Å². The highest BCUT2D eigenvalue weighted by atomic mass is 16.1. The largest absolute Gasteiger partial charge is 0.370 e. The molecule has 1 aromatic rings. The van der Waals surface area contributed by atoms with Crippen LogP contribution in [0, 0.1) is 0 Å². The Kier molecular flexibility index (Phi) is 4.76. The lowest BCUT2D eigenvalue weighted by Gasteiger charge is -2.09. The Labute approximate surface area is 96.5 Å². The highest BCUT2D eigenvalue weighted by molar-refractivity contribution is 5.94. The number of carbonyl (C=O) groups excluding carboxylic acids is 1. The molecule has 2 N–H and O–H groups in total. The van der Waals surface area contributed by atoms with Crippen LogP contribution in [0.25, 0.3) is 0 Å². The number of nitrogens with one attached hydrogen (secondary N) is 2. The zero-order valence-electron chi connectivity index (χ0n) is 10.1. The molecule has 88 valence electrons. The van der Waals surface area contributed by atoms with E-state index in [1.165, 1.54) is 0 Å². The van der Waals surface area contributed by atoms with Gasteiger partial charge >= 0.3 is 0 Å². The third-order valence-electron chi connectivity index (χ3n) is 2.00. The first kappa shape index (κ1) is 12.5. The predicted molar refractivity (Wildman–Crippen MR) is 65.6 cm³/mol. The van der Waals surface area contributed by atoms with Crippen LogP contribution in [0.5, 0.6) is 0 Å². The summed E-state index contributed by atoms with van der Waals surface area (Å²) in [6.45, 7) is 6.83. The first-order valence-corrected chi connectivity index (χ1v) is 5.64. The van der Waals surface area contributed by atoms with Gasteiger partial charge in [0.05, 0.1) is 0 Å². The second kappa shape index (κ2) is 6.10. The monoisotopic (exact) mass is 221 g/mol. The number of carbonyl (C=O) groups is 1. The molecule has 0 radical (unpaired) electrons. The van der Waals surface area contributed by atoms with Crippen molar-refractivity contribution in [2.75, 3.05) is 11.9 Å². The highest BCUT2D eigenvalue weighted by Gasteiger charge is 2.07. The zero-order chi connectivity index (χ0) is 12.0. The first-order chi connectivity index (χ1) is 7.63. The fraction of sp³-hybridized carbons (Fsp3) is 0.500. The lowest BCUT2D eigenvalue weighted by Crippen LogP contribution is -2.30. The summed E-state index contributed by atoms with van der Waals surface area (Å²) in [5.41, 5.74) is 0.641. The minimum absolute atomic E-state index is 0.0584. The van der Waals surface area contributed by atoms with E-state index in [9.17, 15) is 4.79 Å². The molecule has 1 heterocycles. The third kappa shape index (κ3) is 3.88. The second-order valence-electron chi connectivity index (χ2n) is 3.98. The summed E-state index contributed by atoms with van der Waals surface area (Å²) in [4.78, 5) is 15.9. The predicted octanol–water partition coefficient (Wildman–Crippen LogP) is 2.04. The number of anilines is 1. The van der Waals surface area contributed by atoms with Crippen LogP contribution in [-0.4, -0.2) is 23.5 Å². The van der Waals surface area contributed by atoms with Gasteiger partial charge < -0.3 is 10.6 Å². The molecule has 0 aliphatic rings. The Balaban J connectivity index is 2.69. The molecule has 1 aromatic heterocycles. The van der Waals surface area contributed by atoms with Crippen molar-refractivity contribution in [1.29, 1.82) is 0 Å². The van der Waals surface area contributed by atoms with Crippen molar-refractivity contribution >= 4 is 11.7 Å². The Hall–Kier alpha value is -1.58. The standard InChI is InChI=1S/C12H19N3O/c1-4-6-13-11-8-10(5-7-14-11)12(16)15-9(2)3/h5,7-9H,4,6H2,1-3H3,(H,13,14)(H,15,16). The van der Waals surface area contributed by atoms with Gasteiger partial charge in [0, 0.05) is 24.3 Å². The minimum atomic E-state index is -0.0584. The van der Waals surface area contributed by atoms with E-state index in [2.05, 4.69) is 22.5 Å². The Morgan fingerprint density at radius 3 is 2.88 bits per heavy atom. The maximum Gasteiger partial charge on any atom is 0.251 e. The van der Waals surface area contributed by atoms with E-state index >= 15 is 0 Å². The highest BCUT2D eigenvalue weighted by Crippen LogP contribution is 2.06. The average Bonchev–Trinajstić information content (AvgIpc) is 2.26. The fourth-order valence-corrected chi connectivity index (χ4v) is 1.27. The summed E-state index contributed by atoms with van der Waals surface area (Å²) >= 11 is 0. The Morgan fingerprint density at radius 1 is 1.50 bits per heavy atom. The van der Waals surface area contributed by atoms with Crippen LogP contribution in [0.2, 0.25) is 0 Å². The van der Waals surface area contributed by atoms with Gasteiger partial charge in [0.15, 0.2) is 0 Å². The van der Waals surface area contributed by atoms with Crippen LogP contribution in [0.3, 0.4) is 0 Å². The molecule has 0 fully saturated rings. The van der Waals surface area contributed by atoms with Crippen molar-refractivity contribution in [3.8, 4) is 0 Å². The Bertz CT molecular complexity index is 350. The molecule has 0 aliphatic heterocycles. The van der Waals surface area contributed by atoms with Gasteiger partial charge in [-0.15, -0.1) is 0 Å². The number of nitrogens with zero attached hydrogens (tertiary/aromatic N) is 1. The molecule has 0 saturated heterocycles. The lowest BCUT2D eigenvalue weighted by molar-refractivity contribution is 0.0943. The number of amides is 1. The van der Waals surface area contributed by atoms with Gasteiger partial charge in [-0.3, -0.25) is 4.79 Å². The van der Waals surface area contributed by atoms with E-state index < -0.39 is 0 Å². The van der Waals surface area contributed by atoms with Crippen molar-refractivity contribution in [1.82, 2.24) is 10.3 Å². The normalized spacial score (nSPS) is 10.2. The molecule has 16 heavy (non-hydrogen) atoms. The molecule has 1 amide bonds. The summed E-state index contributed by atoms with van der Waals surface area (Å²) in [6.07, 6.45) is 2.68. The summed E-state index contributed by atoms with van der Waals surface area (Å²) in [7, 11) is 0. The molecule has 0 aromatic carbocycles. The third-order valence-corrected chi connectivity index (χ3v) is 2.00. The second-order valence-corrected chi connectivity index (χ2v) is 3.98. The van der Waals surface area contributed by atoms with Crippen LogP contribution in [0.15, 0.2) is 18.3 Å². The summed E-state index contributed by atoms with van der Waals surface area (Å²) in [6, 6.07) is 3.63. The van der Waals surface area contributed by atoms with Crippen molar-refractivity contribution < 1.29 is 4.79 Å². The molecule has 1 rings (SSSR count). The van der Waals surface area contributed by atoms with Crippen LogP contribution in [-0.2, 0) is 0 Å².